The van der Waals surface area contributed by atoms with Gasteiger partial charge in [-0.15, -0.1) is 0 Å². The summed E-state index contributed by atoms with van der Waals surface area (Å²) in [4.78, 5) is 19.6. The van der Waals surface area contributed by atoms with Crippen molar-refractivity contribution in [3.63, 3.8) is 0 Å². The van der Waals surface area contributed by atoms with E-state index in [4.69, 9.17) is 4.74 Å². The van der Waals surface area contributed by atoms with Gasteiger partial charge in [0.05, 0.1) is 0 Å². The summed E-state index contributed by atoms with van der Waals surface area (Å²) >= 11 is 0. The maximum Gasteiger partial charge on any atom is 0.310 e. The highest BCUT2D eigenvalue weighted by Crippen LogP contribution is 1.98. The number of ether oxygens (including phenoxy) is 2. The molecule has 1 aliphatic rings. The summed E-state index contributed by atoms with van der Waals surface area (Å²) in [5.41, 5.74) is 0. The highest BCUT2D eigenvalue weighted by Gasteiger charge is 1.94. The molecule has 0 bridgehead atoms. The molecule has 1 aliphatic heterocycles. The fraction of sp³-hybridized carbons (Fsp3) is 0.750. The van der Waals surface area contributed by atoms with Crippen LogP contribution in [0.2, 0.25) is 0 Å². The summed E-state index contributed by atoms with van der Waals surface area (Å²) in [7, 11) is 0. The molecule has 0 spiro atoms. The van der Waals surface area contributed by atoms with Gasteiger partial charge in [0.2, 0.25) is 0 Å². The minimum atomic E-state index is -0.562. The number of carbonyl (C=O) groups is 2. The van der Waals surface area contributed by atoms with Crippen molar-refractivity contribution in [1.29, 1.82) is 0 Å². The number of rotatable bonds is 0. The number of hydrogen-bond donors (Lipinski definition) is 0. The van der Waals surface area contributed by atoms with E-state index >= 15 is 0 Å². The van der Waals surface area contributed by atoms with Gasteiger partial charge in [-0.05, 0) is 12.8 Å². The first-order valence-corrected chi connectivity index (χ1v) is 3.89. The minimum Gasteiger partial charge on any atom is -0.394 e. The van der Waals surface area contributed by atoms with E-state index in [-0.39, 0.29) is 0 Å². The summed E-state index contributed by atoms with van der Waals surface area (Å²) in [5.74, 6) is -1.12. The molecule has 12 heavy (non-hydrogen) atoms. The summed E-state index contributed by atoms with van der Waals surface area (Å²) in [6, 6.07) is 0. The Morgan fingerprint density at radius 2 is 1.50 bits per heavy atom. The van der Waals surface area contributed by atoms with E-state index in [1.165, 1.54) is 26.7 Å². The van der Waals surface area contributed by atoms with Crippen molar-refractivity contribution in [2.75, 3.05) is 13.2 Å². The topological polar surface area (TPSA) is 52.6 Å². The number of esters is 2. The maximum atomic E-state index is 9.81. The van der Waals surface area contributed by atoms with E-state index in [0.717, 1.165) is 13.2 Å². The molecule has 4 nitrogen and oxygen atoms in total. The van der Waals surface area contributed by atoms with Crippen LogP contribution >= 0.6 is 0 Å². The Morgan fingerprint density at radius 3 is 1.58 bits per heavy atom. The molecular weight excluding hydrogens is 160 g/mol. The van der Waals surface area contributed by atoms with Crippen LogP contribution in [-0.4, -0.2) is 25.2 Å². The zero-order chi connectivity index (χ0) is 9.40. The van der Waals surface area contributed by atoms with Crippen molar-refractivity contribution in [2.24, 2.45) is 0 Å². The van der Waals surface area contributed by atoms with Crippen molar-refractivity contribution in [3.8, 4) is 0 Å². The molecule has 1 rings (SSSR count). The SMILES string of the molecule is C1CCOC1.CC(=O)OC(C)=O. The van der Waals surface area contributed by atoms with Gasteiger partial charge in [-0.25, -0.2) is 0 Å². The lowest BCUT2D eigenvalue weighted by Crippen LogP contribution is -2.03. The third-order valence-electron chi connectivity index (χ3n) is 1.11. The van der Waals surface area contributed by atoms with E-state index in [9.17, 15) is 9.59 Å². The van der Waals surface area contributed by atoms with Gasteiger partial charge in [0.25, 0.3) is 0 Å². The van der Waals surface area contributed by atoms with Gasteiger partial charge in [0, 0.05) is 27.1 Å². The highest BCUT2D eigenvalue weighted by molar-refractivity contribution is 5.82. The van der Waals surface area contributed by atoms with Crippen LogP contribution in [-0.2, 0) is 19.1 Å². The molecular formula is C8H14O4. The predicted octanol–water partition coefficient (Wildman–Crippen LogP) is 0.893. The Hall–Kier alpha value is -0.900. The zero-order valence-electron chi connectivity index (χ0n) is 7.46. The Balaban J connectivity index is 0.000000211. The van der Waals surface area contributed by atoms with Gasteiger partial charge in [-0.1, -0.05) is 0 Å². The van der Waals surface area contributed by atoms with Gasteiger partial charge < -0.3 is 9.47 Å². The van der Waals surface area contributed by atoms with Crippen molar-refractivity contribution in [1.82, 2.24) is 0 Å². The Morgan fingerprint density at radius 1 is 1.08 bits per heavy atom. The molecule has 0 N–H and O–H groups in total. The van der Waals surface area contributed by atoms with Crippen LogP contribution in [0.3, 0.4) is 0 Å². The molecule has 1 heterocycles. The van der Waals surface area contributed by atoms with Crippen LogP contribution in [0.25, 0.3) is 0 Å². The smallest absolute Gasteiger partial charge is 0.310 e. The third kappa shape index (κ3) is 9.10. The molecule has 0 aliphatic carbocycles. The van der Waals surface area contributed by atoms with Crippen LogP contribution in [0.4, 0.5) is 0 Å². The van der Waals surface area contributed by atoms with E-state index in [0.29, 0.717) is 0 Å². The summed E-state index contributed by atoms with van der Waals surface area (Å²) in [6.07, 6.45) is 2.56. The van der Waals surface area contributed by atoms with Crippen LogP contribution < -0.4 is 0 Å². The van der Waals surface area contributed by atoms with Gasteiger partial charge in [-0.2, -0.15) is 0 Å². The van der Waals surface area contributed by atoms with Crippen LogP contribution in [0.1, 0.15) is 26.7 Å². The maximum absolute atomic E-state index is 9.81. The van der Waals surface area contributed by atoms with Crippen LogP contribution in [0.5, 0.6) is 0 Å². The first-order chi connectivity index (χ1) is 5.63. The van der Waals surface area contributed by atoms with E-state index in [1.807, 2.05) is 0 Å². The first-order valence-electron chi connectivity index (χ1n) is 3.89. The van der Waals surface area contributed by atoms with Crippen molar-refractivity contribution in [2.45, 2.75) is 26.7 Å². The highest BCUT2D eigenvalue weighted by atomic mass is 16.6. The molecule has 0 aromatic rings. The molecule has 0 unspecified atom stereocenters. The standard InChI is InChI=1S/C4H6O3.C4H8O/c1-3(5)7-4(2)6;1-2-4-5-3-1/h1-2H3;1-4H2. The van der Waals surface area contributed by atoms with Crippen LogP contribution in [0.15, 0.2) is 0 Å². The Labute approximate surface area is 71.8 Å². The minimum absolute atomic E-state index is 0.562. The Kier molecular flexibility index (Phi) is 6.28. The molecule has 0 aromatic carbocycles. The summed E-state index contributed by atoms with van der Waals surface area (Å²) in [5, 5.41) is 0. The van der Waals surface area contributed by atoms with Gasteiger partial charge in [0.15, 0.2) is 0 Å². The second-order valence-corrected chi connectivity index (χ2v) is 2.40. The van der Waals surface area contributed by atoms with Gasteiger partial charge in [-0.3, -0.25) is 9.59 Å². The zero-order valence-corrected chi connectivity index (χ0v) is 7.46. The van der Waals surface area contributed by atoms with E-state index < -0.39 is 11.9 Å². The van der Waals surface area contributed by atoms with Crippen molar-refractivity contribution in [3.05, 3.63) is 0 Å². The lowest BCUT2D eigenvalue weighted by atomic mass is 10.4. The number of hydrogen-bond acceptors (Lipinski definition) is 4. The molecule has 1 fully saturated rings. The van der Waals surface area contributed by atoms with Gasteiger partial charge >= 0.3 is 11.9 Å². The molecule has 0 radical (unpaired) electrons. The molecule has 1 saturated heterocycles. The molecule has 70 valence electrons. The second kappa shape index (κ2) is 6.79. The first kappa shape index (κ1) is 11.1. The average molecular weight is 174 g/mol. The molecule has 0 atom stereocenters. The van der Waals surface area contributed by atoms with E-state index in [1.54, 1.807) is 0 Å². The third-order valence-corrected chi connectivity index (χ3v) is 1.11. The number of carbonyl (C=O) groups excluding carboxylic acids is 2. The Bertz CT molecular complexity index is 130. The largest absolute Gasteiger partial charge is 0.394 e. The van der Waals surface area contributed by atoms with Crippen LogP contribution in [0, 0.1) is 0 Å². The normalized spacial score (nSPS) is 14.5. The van der Waals surface area contributed by atoms with Crippen molar-refractivity contribution >= 4 is 11.9 Å². The van der Waals surface area contributed by atoms with Crippen molar-refractivity contribution < 1.29 is 19.1 Å². The van der Waals surface area contributed by atoms with E-state index in [2.05, 4.69) is 4.74 Å². The lowest BCUT2D eigenvalue weighted by molar-refractivity contribution is -0.156. The molecule has 0 saturated carbocycles. The van der Waals surface area contributed by atoms with Gasteiger partial charge in [0.1, 0.15) is 0 Å². The molecule has 0 amide bonds. The predicted molar refractivity (Wildman–Crippen MR) is 42.5 cm³/mol. The fourth-order valence-corrected chi connectivity index (χ4v) is 0.713. The summed E-state index contributed by atoms with van der Waals surface area (Å²) < 4.78 is 8.92. The lowest BCUT2D eigenvalue weighted by Gasteiger charge is -1.87. The quantitative estimate of drug-likeness (QED) is 0.404. The monoisotopic (exact) mass is 174 g/mol. The molecule has 4 heteroatoms. The second-order valence-electron chi connectivity index (χ2n) is 2.40. The molecule has 0 aromatic heterocycles. The fourth-order valence-electron chi connectivity index (χ4n) is 0.713. The average Bonchev–Trinajstić information content (AvgIpc) is 2.36. The summed E-state index contributed by atoms with van der Waals surface area (Å²) in [6.45, 7) is 4.36.